The van der Waals surface area contributed by atoms with Gasteiger partial charge in [-0.3, -0.25) is 9.59 Å². The molecule has 0 unspecified atom stereocenters. The topological polar surface area (TPSA) is 58.6 Å². The van der Waals surface area contributed by atoms with Crippen LogP contribution in [0.1, 0.15) is 18.4 Å². The Bertz CT molecular complexity index is 667. The number of hydrogen-bond acceptors (Lipinski definition) is 3. The van der Waals surface area contributed by atoms with Crippen LogP contribution in [-0.2, 0) is 16.2 Å². The summed E-state index contributed by atoms with van der Waals surface area (Å²) >= 11 is 0. The maximum absolute atomic E-state index is 11.8. The van der Waals surface area contributed by atoms with E-state index in [1.165, 1.54) is 4.90 Å². The second kappa shape index (κ2) is 8.72. The fourth-order valence-corrected chi connectivity index (χ4v) is 2.04. The summed E-state index contributed by atoms with van der Waals surface area (Å²) in [6, 6.07) is 17.1. The van der Waals surface area contributed by atoms with Crippen LogP contribution in [0.25, 0.3) is 0 Å². The molecule has 0 heterocycles. The molecule has 0 saturated heterocycles. The molecule has 2 aromatic carbocycles. The van der Waals surface area contributed by atoms with Crippen LogP contribution in [0.15, 0.2) is 54.6 Å². The van der Waals surface area contributed by atoms with Gasteiger partial charge in [0.25, 0.3) is 0 Å². The van der Waals surface area contributed by atoms with Gasteiger partial charge in [-0.15, -0.1) is 0 Å². The quantitative estimate of drug-likeness (QED) is 0.850. The van der Waals surface area contributed by atoms with E-state index >= 15 is 0 Å². The molecule has 0 fully saturated rings. The molecule has 1 N–H and O–H groups in total. The molecule has 2 rings (SSSR count). The van der Waals surface area contributed by atoms with E-state index in [0.29, 0.717) is 12.3 Å². The summed E-state index contributed by atoms with van der Waals surface area (Å²) in [4.78, 5) is 24.8. The second-order valence-electron chi connectivity index (χ2n) is 5.63. The van der Waals surface area contributed by atoms with Crippen LogP contribution < -0.4 is 10.1 Å². The molecule has 0 bridgehead atoms. The number of amides is 2. The lowest BCUT2D eigenvalue weighted by Gasteiger charge is -2.10. The number of benzene rings is 2. The Balaban J connectivity index is 1.79. The average Bonchev–Trinajstić information content (AvgIpc) is 2.60. The Morgan fingerprint density at radius 3 is 2.25 bits per heavy atom. The minimum absolute atomic E-state index is 0.0604. The van der Waals surface area contributed by atoms with E-state index in [4.69, 9.17) is 4.74 Å². The van der Waals surface area contributed by atoms with Gasteiger partial charge >= 0.3 is 0 Å². The molecule has 0 saturated carbocycles. The van der Waals surface area contributed by atoms with Crippen LogP contribution in [-0.4, -0.2) is 30.8 Å². The maximum Gasteiger partial charge on any atom is 0.224 e. The predicted octanol–water partition coefficient (Wildman–Crippen LogP) is 3.07. The van der Waals surface area contributed by atoms with Crippen molar-refractivity contribution in [1.29, 1.82) is 0 Å². The second-order valence-corrected chi connectivity index (χ2v) is 5.63. The third kappa shape index (κ3) is 5.76. The normalized spacial score (nSPS) is 10.1. The van der Waals surface area contributed by atoms with Crippen molar-refractivity contribution in [1.82, 2.24) is 4.90 Å². The van der Waals surface area contributed by atoms with E-state index in [1.807, 2.05) is 42.5 Å². The molecule has 0 aliphatic carbocycles. The first-order chi connectivity index (χ1) is 11.5. The fourth-order valence-electron chi connectivity index (χ4n) is 2.04. The van der Waals surface area contributed by atoms with Crippen molar-refractivity contribution >= 4 is 17.5 Å². The summed E-state index contributed by atoms with van der Waals surface area (Å²) in [5.74, 6) is 0.498. The van der Waals surface area contributed by atoms with Gasteiger partial charge in [0.05, 0.1) is 0 Å². The zero-order valence-electron chi connectivity index (χ0n) is 14.0. The third-order valence-corrected chi connectivity index (χ3v) is 3.45. The highest BCUT2D eigenvalue weighted by atomic mass is 16.5. The Kier molecular flexibility index (Phi) is 6.37. The molecule has 0 aliphatic rings. The molecule has 126 valence electrons. The van der Waals surface area contributed by atoms with E-state index in [0.717, 1.165) is 11.3 Å². The van der Waals surface area contributed by atoms with Gasteiger partial charge in [0, 0.05) is 32.6 Å². The smallest absolute Gasteiger partial charge is 0.224 e. The lowest BCUT2D eigenvalue weighted by atomic mass is 10.2. The van der Waals surface area contributed by atoms with Crippen molar-refractivity contribution in [3.8, 4) is 5.75 Å². The minimum Gasteiger partial charge on any atom is -0.489 e. The Morgan fingerprint density at radius 1 is 0.958 bits per heavy atom. The first kappa shape index (κ1) is 17.5. The molecule has 5 heteroatoms. The summed E-state index contributed by atoms with van der Waals surface area (Å²) in [6.45, 7) is 0.499. The molecule has 2 amide bonds. The highest BCUT2D eigenvalue weighted by molar-refractivity contribution is 5.93. The van der Waals surface area contributed by atoms with Crippen molar-refractivity contribution in [2.75, 3.05) is 19.4 Å². The zero-order valence-corrected chi connectivity index (χ0v) is 14.0. The van der Waals surface area contributed by atoms with E-state index in [2.05, 4.69) is 5.32 Å². The average molecular weight is 326 g/mol. The molecule has 0 aromatic heterocycles. The first-order valence-electron chi connectivity index (χ1n) is 7.81. The van der Waals surface area contributed by atoms with Gasteiger partial charge in [-0.2, -0.15) is 0 Å². The highest BCUT2D eigenvalue weighted by Gasteiger charge is 2.08. The van der Waals surface area contributed by atoms with Gasteiger partial charge < -0.3 is 15.0 Å². The Hall–Kier alpha value is -2.82. The molecule has 2 aromatic rings. The van der Waals surface area contributed by atoms with Crippen molar-refractivity contribution in [3.63, 3.8) is 0 Å². The third-order valence-electron chi connectivity index (χ3n) is 3.45. The van der Waals surface area contributed by atoms with E-state index in [9.17, 15) is 9.59 Å². The number of ether oxygens (including phenoxy) is 1. The first-order valence-corrected chi connectivity index (χ1v) is 7.81. The molecule has 0 spiro atoms. The standard InChI is InChI=1S/C19H22N2O3/c1-21(2)19(23)13-12-18(22)20-16-8-10-17(11-9-16)24-14-15-6-4-3-5-7-15/h3-11H,12-14H2,1-2H3,(H,20,22). The van der Waals surface area contributed by atoms with Gasteiger partial charge in [0.2, 0.25) is 11.8 Å². The van der Waals surface area contributed by atoms with Gasteiger partial charge in [0.15, 0.2) is 0 Å². The molecule has 0 aliphatic heterocycles. The van der Waals surface area contributed by atoms with Gasteiger partial charge in [-0.25, -0.2) is 0 Å². The van der Waals surface area contributed by atoms with Crippen LogP contribution in [0.3, 0.4) is 0 Å². The van der Waals surface area contributed by atoms with Gasteiger partial charge in [0.1, 0.15) is 12.4 Å². The highest BCUT2D eigenvalue weighted by Crippen LogP contribution is 2.17. The number of rotatable bonds is 7. The van der Waals surface area contributed by atoms with Crippen LogP contribution >= 0.6 is 0 Å². The zero-order chi connectivity index (χ0) is 17.4. The van der Waals surface area contributed by atoms with Crippen LogP contribution in [0.4, 0.5) is 5.69 Å². The van der Waals surface area contributed by atoms with Crippen molar-refractivity contribution in [3.05, 3.63) is 60.2 Å². The summed E-state index contributed by atoms with van der Waals surface area (Å²) in [5, 5.41) is 2.77. The van der Waals surface area contributed by atoms with Crippen LogP contribution in [0, 0.1) is 0 Å². The fraction of sp³-hybridized carbons (Fsp3) is 0.263. The molecule has 5 nitrogen and oxygen atoms in total. The maximum atomic E-state index is 11.8. The van der Waals surface area contributed by atoms with Gasteiger partial charge in [-0.05, 0) is 29.8 Å². The van der Waals surface area contributed by atoms with E-state index in [1.54, 1.807) is 26.2 Å². The lowest BCUT2D eigenvalue weighted by Crippen LogP contribution is -2.23. The Labute approximate surface area is 142 Å². The number of nitrogens with one attached hydrogen (secondary N) is 1. The van der Waals surface area contributed by atoms with Crippen LogP contribution in [0.5, 0.6) is 5.75 Å². The van der Waals surface area contributed by atoms with Crippen molar-refractivity contribution in [2.45, 2.75) is 19.4 Å². The summed E-state index contributed by atoms with van der Waals surface area (Å²) in [6.07, 6.45) is 0.375. The van der Waals surface area contributed by atoms with Gasteiger partial charge in [-0.1, -0.05) is 30.3 Å². The largest absolute Gasteiger partial charge is 0.489 e. The SMILES string of the molecule is CN(C)C(=O)CCC(=O)Nc1ccc(OCc2ccccc2)cc1. The molecular formula is C19H22N2O3. The van der Waals surface area contributed by atoms with Crippen molar-refractivity contribution < 1.29 is 14.3 Å². The molecule has 24 heavy (non-hydrogen) atoms. The number of carbonyl (C=O) groups excluding carboxylic acids is 2. The number of hydrogen-bond donors (Lipinski definition) is 1. The predicted molar refractivity (Wildman–Crippen MR) is 93.8 cm³/mol. The minimum atomic E-state index is -0.178. The number of carbonyl (C=O) groups is 2. The van der Waals surface area contributed by atoms with Crippen LogP contribution in [0.2, 0.25) is 0 Å². The monoisotopic (exact) mass is 326 g/mol. The summed E-state index contributed by atoms with van der Waals surface area (Å²) in [5.41, 5.74) is 1.78. The van der Waals surface area contributed by atoms with E-state index in [-0.39, 0.29) is 24.7 Å². The molecule has 0 radical (unpaired) electrons. The molecular weight excluding hydrogens is 304 g/mol. The summed E-state index contributed by atoms with van der Waals surface area (Å²) < 4.78 is 5.69. The summed E-state index contributed by atoms with van der Waals surface area (Å²) in [7, 11) is 3.35. The van der Waals surface area contributed by atoms with E-state index < -0.39 is 0 Å². The Morgan fingerprint density at radius 2 is 1.62 bits per heavy atom. The lowest BCUT2D eigenvalue weighted by molar-refractivity contribution is -0.130. The molecule has 0 atom stereocenters. The number of anilines is 1. The number of nitrogens with zero attached hydrogens (tertiary/aromatic N) is 1. The van der Waals surface area contributed by atoms with Crippen molar-refractivity contribution in [2.24, 2.45) is 0 Å².